The molecular weight excluding hydrogens is 388 g/mol. The molecule has 156 valence electrons. The van der Waals surface area contributed by atoms with E-state index in [0.29, 0.717) is 18.7 Å². The van der Waals surface area contributed by atoms with Crippen LogP contribution in [0.15, 0.2) is 60.9 Å². The Morgan fingerprint density at radius 3 is 2.39 bits per heavy atom. The largest absolute Gasteiger partial charge is 0.368 e. The molecule has 1 amide bonds. The Morgan fingerprint density at radius 1 is 0.968 bits per heavy atom. The van der Waals surface area contributed by atoms with Crippen LogP contribution in [0, 0.1) is 6.92 Å². The Labute approximate surface area is 181 Å². The summed E-state index contributed by atoms with van der Waals surface area (Å²) in [5.41, 5.74) is 5.14. The number of aromatic nitrogens is 4. The molecule has 5 rings (SSSR count). The lowest BCUT2D eigenvalue weighted by Gasteiger charge is -2.36. The van der Waals surface area contributed by atoms with Crippen molar-refractivity contribution in [3.63, 3.8) is 0 Å². The molecule has 7 nitrogen and oxygen atoms in total. The zero-order chi connectivity index (χ0) is 21.4. The molecule has 0 bridgehead atoms. The van der Waals surface area contributed by atoms with Crippen LogP contribution in [-0.4, -0.2) is 56.7 Å². The summed E-state index contributed by atoms with van der Waals surface area (Å²) in [7, 11) is 1.87. The Hall–Kier alpha value is -3.74. The van der Waals surface area contributed by atoms with Crippen molar-refractivity contribution in [2.75, 3.05) is 31.1 Å². The minimum atomic E-state index is 0.0371. The van der Waals surface area contributed by atoms with Crippen molar-refractivity contribution < 1.29 is 4.79 Å². The summed E-state index contributed by atoms with van der Waals surface area (Å²) in [6, 6.07) is 15.9. The summed E-state index contributed by atoms with van der Waals surface area (Å²) >= 11 is 0. The number of carbonyl (C=O) groups is 1. The lowest BCUT2D eigenvalue weighted by atomic mass is 10.0. The normalized spacial score (nSPS) is 14.3. The molecule has 0 aliphatic carbocycles. The lowest BCUT2D eigenvalue weighted by molar-refractivity contribution is 0.0748. The molecule has 4 aromatic rings. The van der Waals surface area contributed by atoms with Gasteiger partial charge in [-0.3, -0.25) is 14.5 Å². The Kier molecular flexibility index (Phi) is 4.86. The monoisotopic (exact) mass is 412 g/mol. The standard InChI is InChI=1S/C24H24N6O/c1-17-22-20(16-21(18-6-4-3-5-7-18)26-23(22)28(2)27-17)24(31)30-14-12-29(13-15-30)19-8-10-25-11-9-19/h3-11,16H,12-15H2,1-2H3. The van der Waals surface area contributed by atoms with Crippen LogP contribution >= 0.6 is 0 Å². The molecule has 1 aromatic carbocycles. The lowest BCUT2D eigenvalue weighted by Crippen LogP contribution is -2.48. The maximum Gasteiger partial charge on any atom is 0.254 e. The summed E-state index contributed by atoms with van der Waals surface area (Å²) in [4.78, 5) is 26.8. The number of benzene rings is 1. The molecule has 1 aliphatic rings. The zero-order valence-electron chi connectivity index (χ0n) is 17.7. The first kappa shape index (κ1) is 19.2. The molecule has 0 unspecified atom stereocenters. The van der Waals surface area contributed by atoms with E-state index in [1.165, 1.54) is 0 Å². The van der Waals surface area contributed by atoms with Gasteiger partial charge in [-0.1, -0.05) is 30.3 Å². The van der Waals surface area contributed by atoms with Gasteiger partial charge < -0.3 is 9.80 Å². The van der Waals surface area contributed by atoms with Crippen LogP contribution < -0.4 is 4.90 Å². The van der Waals surface area contributed by atoms with E-state index >= 15 is 0 Å². The van der Waals surface area contributed by atoms with Gasteiger partial charge in [-0.25, -0.2) is 4.98 Å². The van der Waals surface area contributed by atoms with Gasteiger partial charge in [0.2, 0.25) is 0 Å². The maximum atomic E-state index is 13.6. The smallest absolute Gasteiger partial charge is 0.254 e. The van der Waals surface area contributed by atoms with Gasteiger partial charge in [0.05, 0.1) is 22.3 Å². The highest BCUT2D eigenvalue weighted by molar-refractivity contribution is 6.07. The number of carbonyl (C=O) groups excluding carboxylic acids is 1. The predicted octanol–water partition coefficient (Wildman–Crippen LogP) is 3.30. The number of hydrogen-bond donors (Lipinski definition) is 0. The topological polar surface area (TPSA) is 67.2 Å². The number of amides is 1. The Bertz CT molecular complexity index is 1230. The number of anilines is 1. The highest BCUT2D eigenvalue weighted by atomic mass is 16.2. The van der Waals surface area contributed by atoms with Gasteiger partial charge in [0.25, 0.3) is 5.91 Å². The first-order valence-electron chi connectivity index (χ1n) is 10.5. The van der Waals surface area contributed by atoms with Gasteiger partial charge in [-0.2, -0.15) is 5.10 Å². The second kappa shape index (κ2) is 7.83. The fraction of sp³-hybridized carbons (Fsp3) is 0.250. The SMILES string of the molecule is Cc1nn(C)c2nc(-c3ccccc3)cc(C(=O)N3CCN(c4ccncc4)CC3)c12. The van der Waals surface area contributed by atoms with Crippen LogP contribution in [-0.2, 0) is 7.05 Å². The molecule has 1 saturated heterocycles. The van der Waals surface area contributed by atoms with E-state index in [1.807, 2.05) is 67.4 Å². The molecule has 0 atom stereocenters. The second-order valence-corrected chi connectivity index (χ2v) is 7.81. The third-order valence-electron chi connectivity index (χ3n) is 5.86. The summed E-state index contributed by atoms with van der Waals surface area (Å²) in [6.07, 6.45) is 3.60. The Morgan fingerprint density at radius 2 is 1.68 bits per heavy atom. The molecule has 3 aromatic heterocycles. The molecule has 1 aliphatic heterocycles. The van der Waals surface area contributed by atoms with E-state index in [-0.39, 0.29) is 5.91 Å². The van der Waals surface area contributed by atoms with Crippen LogP contribution in [0.3, 0.4) is 0 Å². The molecule has 0 radical (unpaired) electrons. The molecule has 0 N–H and O–H groups in total. The molecule has 31 heavy (non-hydrogen) atoms. The van der Waals surface area contributed by atoms with E-state index in [4.69, 9.17) is 4.98 Å². The minimum Gasteiger partial charge on any atom is -0.368 e. The summed E-state index contributed by atoms with van der Waals surface area (Å²) in [5, 5.41) is 5.37. The van der Waals surface area contributed by atoms with Crippen molar-refractivity contribution in [1.82, 2.24) is 24.6 Å². The number of pyridine rings is 2. The third kappa shape index (κ3) is 3.52. The van der Waals surface area contributed by atoms with Crippen LogP contribution in [0.25, 0.3) is 22.3 Å². The van der Waals surface area contributed by atoms with Crippen molar-refractivity contribution in [3.8, 4) is 11.3 Å². The number of aryl methyl sites for hydroxylation is 2. The highest BCUT2D eigenvalue weighted by Crippen LogP contribution is 2.28. The van der Waals surface area contributed by atoms with Crippen LogP contribution in [0.2, 0.25) is 0 Å². The number of fused-ring (bicyclic) bond motifs is 1. The van der Waals surface area contributed by atoms with Crippen molar-refractivity contribution in [2.24, 2.45) is 7.05 Å². The van der Waals surface area contributed by atoms with Gasteiger partial charge in [0.15, 0.2) is 5.65 Å². The Balaban J connectivity index is 1.48. The van der Waals surface area contributed by atoms with Gasteiger partial charge in [0.1, 0.15) is 0 Å². The summed E-state index contributed by atoms with van der Waals surface area (Å²) < 4.78 is 1.76. The molecule has 7 heteroatoms. The molecular formula is C24H24N6O. The second-order valence-electron chi connectivity index (χ2n) is 7.81. The van der Waals surface area contributed by atoms with Crippen LogP contribution in [0.1, 0.15) is 16.1 Å². The van der Waals surface area contributed by atoms with Crippen molar-refractivity contribution >= 4 is 22.6 Å². The summed E-state index contributed by atoms with van der Waals surface area (Å²) in [6.45, 7) is 4.86. The minimum absolute atomic E-state index is 0.0371. The van der Waals surface area contributed by atoms with Crippen molar-refractivity contribution in [2.45, 2.75) is 6.92 Å². The molecule has 1 fully saturated rings. The summed E-state index contributed by atoms with van der Waals surface area (Å²) in [5.74, 6) is 0.0371. The van der Waals surface area contributed by atoms with E-state index in [2.05, 4.69) is 15.0 Å². The van der Waals surface area contributed by atoms with Gasteiger partial charge >= 0.3 is 0 Å². The molecule has 0 spiro atoms. The maximum absolute atomic E-state index is 13.6. The van der Waals surface area contributed by atoms with Crippen molar-refractivity contribution in [3.05, 3.63) is 72.2 Å². The van der Waals surface area contributed by atoms with E-state index < -0.39 is 0 Å². The van der Waals surface area contributed by atoms with Crippen LogP contribution in [0.4, 0.5) is 5.69 Å². The van der Waals surface area contributed by atoms with Gasteiger partial charge in [-0.05, 0) is 25.1 Å². The first-order valence-corrected chi connectivity index (χ1v) is 10.5. The first-order chi connectivity index (χ1) is 15.1. The average Bonchev–Trinajstić information content (AvgIpc) is 3.12. The van der Waals surface area contributed by atoms with E-state index in [1.54, 1.807) is 17.1 Å². The quantitative estimate of drug-likeness (QED) is 0.517. The molecule has 0 saturated carbocycles. The molecule has 4 heterocycles. The average molecular weight is 412 g/mol. The van der Waals surface area contributed by atoms with Crippen molar-refractivity contribution in [1.29, 1.82) is 0 Å². The number of rotatable bonds is 3. The number of hydrogen-bond acceptors (Lipinski definition) is 5. The van der Waals surface area contributed by atoms with Crippen LogP contribution in [0.5, 0.6) is 0 Å². The number of nitrogens with zero attached hydrogens (tertiary/aromatic N) is 6. The van der Waals surface area contributed by atoms with E-state index in [0.717, 1.165) is 46.8 Å². The highest BCUT2D eigenvalue weighted by Gasteiger charge is 2.26. The third-order valence-corrected chi connectivity index (χ3v) is 5.86. The predicted molar refractivity (Wildman–Crippen MR) is 121 cm³/mol. The van der Waals surface area contributed by atoms with Gasteiger partial charge in [-0.15, -0.1) is 0 Å². The number of piperazine rings is 1. The van der Waals surface area contributed by atoms with E-state index in [9.17, 15) is 4.79 Å². The zero-order valence-corrected chi connectivity index (χ0v) is 17.7. The fourth-order valence-corrected chi connectivity index (χ4v) is 4.26. The fourth-order valence-electron chi connectivity index (χ4n) is 4.26. The van der Waals surface area contributed by atoms with Gasteiger partial charge in [0, 0.05) is 56.9 Å².